The fraction of sp³-hybridized carbons (Fsp3) is 0.455. The summed E-state index contributed by atoms with van der Waals surface area (Å²) in [6.45, 7) is 14.6. The third-order valence-corrected chi connectivity index (χ3v) is 5.40. The first kappa shape index (κ1) is 17.6. The highest BCUT2D eigenvalue weighted by molar-refractivity contribution is 5.40. The van der Waals surface area contributed by atoms with E-state index in [0.29, 0.717) is 12.0 Å². The molecule has 0 aromatic rings. The first-order valence-corrected chi connectivity index (χ1v) is 8.76. The van der Waals surface area contributed by atoms with E-state index in [4.69, 9.17) is 0 Å². The Labute approximate surface area is 142 Å². The van der Waals surface area contributed by atoms with Crippen LogP contribution in [0, 0.1) is 11.8 Å². The Hall–Kier alpha value is -1.76. The lowest BCUT2D eigenvalue weighted by atomic mass is 9.87. The van der Waals surface area contributed by atoms with Gasteiger partial charge in [-0.1, -0.05) is 50.5 Å². The normalized spacial score (nSPS) is 28.7. The summed E-state index contributed by atoms with van der Waals surface area (Å²) in [5.74, 6) is 1.27. The lowest BCUT2D eigenvalue weighted by molar-refractivity contribution is 0.245. The fourth-order valence-electron chi connectivity index (χ4n) is 4.24. The molecule has 0 radical (unpaired) electrons. The smallest absolute Gasteiger partial charge is 0.0398 e. The number of hydrogen-bond acceptors (Lipinski definition) is 1. The molecule has 0 N–H and O–H groups in total. The Bertz CT molecular complexity index is 585. The van der Waals surface area contributed by atoms with Crippen molar-refractivity contribution in [1.82, 2.24) is 4.90 Å². The maximum absolute atomic E-state index is 4.04. The van der Waals surface area contributed by atoms with E-state index in [-0.39, 0.29) is 0 Å². The number of likely N-dealkylation sites (N-methyl/N-ethyl adjacent to an activating group) is 1. The molecule has 0 saturated heterocycles. The number of hydrogen-bond donors (Lipinski definition) is 0. The van der Waals surface area contributed by atoms with Crippen LogP contribution in [0.15, 0.2) is 72.0 Å². The topological polar surface area (TPSA) is 3.24 Å². The fourth-order valence-corrected chi connectivity index (χ4v) is 4.24. The van der Waals surface area contributed by atoms with Gasteiger partial charge in [0.05, 0.1) is 0 Å². The van der Waals surface area contributed by atoms with Crippen LogP contribution in [0.4, 0.5) is 0 Å². The molecule has 1 heterocycles. The molecule has 2 aliphatic rings. The molecular formula is C22H31N. The molecule has 2 rings (SSSR count). The van der Waals surface area contributed by atoms with Gasteiger partial charge in [0.25, 0.3) is 0 Å². The van der Waals surface area contributed by atoms with Gasteiger partial charge in [-0.2, -0.15) is 0 Å². The third-order valence-electron chi connectivity index (χ3n) is 5.40. The summed E-state index contributed by atoms with van der Waals surface area (Å²) in [6.07, 6.45) is 16.4. The summed E-state index contributed by atoms with van der Waals surface area (Å²) in [5, 5.41) is 0. The molecule has 0 aromatic carbocycles. The molecule has 0 spiro atoms. The molecule has 1 aliphatic carbocycles. The van der Waals surface area contributed by atoms with Crippen molar-refractivity contribution in [2.45, 2.75) is 46.1 Å². The quantitative estimate of drug-likeness (QED) is 0.598. The van der Waals surface area contributed by atoms with E-state index in [9.17, 15) is 0 Å². The second-order valence-corrected chi connectivity index (χ2v) is 6.78. The monoisotopic (exact) mass is 309 g/mol. The molecule has 1 aliphatic heterocycles. The second kappa shape index (κ2) is 7.68. The second-order valence-electron chi connectivity index (χ2n) is 6.78. The van der Waals surface area contributed by atoms with E-state index in [1.807, 2.05) is 6.08 Å². The van der Waals surface area contributed by atoms with Gasteiger partial charge in [0.15, 0.2) is 0 Å². The van der Waals surface area contributed by atoms with Gasteiger partial charge in [0, 0.05) is 24.7 Å². The zero-order chi connectivity index (χ0) is 17.0. The van der Waals surface area contributed by atoms with Crippen LogP contribution in [-0.2, 0) is 0 Å². The summed E-state index contributed by atoms with van der Waals surface area (Å²) in [6, 6.07) is 0.565. The van der Waals surface area contributed by atoms with Crippen molar-refractivity contribution in [2.75, 3.05) is 7.05 Å². The van der Waals surface area contributed by atoms with Crippen LogP contribution in [-0.4, -0.2) is 18.0 Å². The van der Waals surface area contributed by atoms with Crippen LogP contribution in [0.1, 0.15) is 40.0 Å². The van der Waals surface area contributed by atoms with Crippen molar-refractivity contribution in [2.24, 2.45) is 11.8 Å². The lowest BCUT2D eigenvalue weighted by Crippen LogP contribution is -2.31. The van der Waals surface area contributed by atoms with Gasteiger partial charge >= 0.3 is 0 Å². The summed E-state index contributed by atoms with van der Waals surface area (Å²) in [5.41, 5.74) is 5.64. The summed E-state index contributed by atoms with van der Waals surface area (Å²) in [7, 11) is 2.23. The van der Waals surface area contributed by atoms with E-state index in [2.05, 4.69) is 76.3 Å². The molecule has 1 heteroatoms. The largest absolute Gasteiger partial charge is 0.371 e. The van der Waals surface area contributed by atoms with Crippen LogP contribution in [0.25, 0.3) is 0 Å². The molecule has 0 amide bonds. The predicted molar refractivity (Wildman–Crippen MR) is 102 cm³/mol. The SMILES string of the molecule is C=CC1=C(/C=C\C)CC(CC2C(C)C(C=C)=C(/C=C\C)N2C)C1. The maximum atomic E-state index is 4.04. The van der Waals surface area contributed by atoms with Crippen molar-refractivity contribution in [3.63, 3.8) is 0 Å². The first-order chi connectivity index (χ1) is 11.1. The van der Waals surface area contributed by atoms with Gasteiger partial charge in [0.1, 0.15) is 0 Å². The van der Waals surface area contributed by atoms with Crippen molar-refractivity contribution < 1.29 is 0 Å². The van der Waals surface area contributed by atoms with Crippen LogP contribution >= 0.6 is 0 Å². The molecule has 3 atom stereocenters. The number of nitrogens with zero attached hydrogens (tertiary/aromatic N) is 1. The molecule has 0 fully saturated rings. The first-order valence-electron chi connectivity index (χ1n) is 8.76. The van der Waals surface area contributed by atoms with E-state index in [1.165, 1.54) is 41.7 Å². The lowest BCUT2D eigenvalue weighted by Gasteiger charge is -2.29. The molecule has 124 valence electrons. The highest BCUT2D eigenvalue weighted by atomic mass is 15.2. The van der Waals surface area contributed by atoms with Crippen molar-refractivity contribution in [3.8, 4) is 0 Å². The van der Waals surface area contributed by atoms with Gasteiger partial charge in [0.2, 0.25) is 0 Å². The summed E-state index contributed by atoms with van der Waals surface area (Å²) >= 11 is 0. The third kappa shape index (κ3) is 3.44. The molecule has 23 heavy (non-hydrogen) atoms. The van der Waals surface area contributed by atoms with Gasteiger partial charge in [-0.3, -0.25) is 0 Å². The summed E-state index contributed by atoms with van der Waals surface area (Å²) < 4.78 is 0. The van der Waals surface area contributed by atoms with Crippen LogP contribution in [0.5, 0.6) is 0 Å². The van der Waals surface area contributed by atoms with E-state index < -0.39 is 0 Å². The van der Waals surface area contributed by atoms with E-state index in [0.717, 1.165) is 5.92 Å². The van der Waals surface area contributed by atoms with E-state index >= 15 is 0 Å². The van der Waals surface area contributed by atoms with Gasteiger partial charge < -0.3 is 4.90 Å². The Morgan fingerprint density at radius 3 is 2.26 bits per heavy atom. The van der Waals surface area contributed by atoms with E-state index in [1.54, 1.807) is 0 Å². The number of rotatable bonds is 6. The Morgan fingerprint density at radius 2 is 1.70 bits per heavy atom. The minimum Gasteiger partial charge on any atom is -0.371 e. The van der Waals surface area contributed by atoms with Crippen molar-refractivity contribution in [1.29, 1.82) is 0 Å². The van der Waals surface area contributed by atoms with Crippen molar-refractivity contribution in [3.05, 3.63) is 72.0 Å². The van der Waals surface area contributed by atoms with Gasteiger partial charge in [-0.25, -0.2) is 0 Å². The Kier molecular flexibility index (Phi) is 5.87. The van der Waals surface area contributed by atoms with Crippen LogP contribution in [0.3, 0.4) is 0 Å². The highest BCUT2D eigenvalue weighted by Gasteiger charge is 2.36. The standard InChI is InChI=1S/C22H31N/c1-7-11-19-14-17(13-18(19)9-3)15-22-16(5)20(10-4)21(12-8-2)23(22)6/h7-12,16-17,22H,3-4,13-15H2,1-2,5-6H3/b11-7-,12-8-. The molecular weight excluding hydrogens is 278 g/mol. The summed E-state index contributed by atoms with van der Waals surface area (Å²) in [4.78, 5) is 2.46. The molecule has 1 nitrogen and oxygen atoms in total. The molecule has 3 unspecified atom stereocenters. The average molecular weight is 309 g/mol. The minimum atomic E-state index is 0.543. The zero-order valence-electron chi connectivity index (χ0n) is 15.2. The Balaban J connectivity index is 2.11. The maximum Gasteiger partial charge on any atom is 0.0398 e. The zero-order valence-corrected chi connectivity index (χ0v) is 15.2. The Morgan fingerprint density at radius 1 is 1.04 bits per heavy atom. The van der Waals surface area contributed by atoms with Crippen LogP contribution < -0.4 is 0 Å². The van der Waals surface area contributed by atoms with Crippen molar-refractivity contribution >= 4 is 0 Å². The van der Waals surface area contributed by atoms with Gasteiger partial charge in [-0.05, 0) is 61.8 Å². The molecule has 0 bridgehead atoms. The van der Waals surface area contributed by atoms with Gasteiger partial charge in [-0.15, -0.1) is 0 Å². The number of allylic oxidation sites excluding steroid dienone is 8. The average Bonchev–Trinajstić information content (AvgIpc) is 3.02. The highest BCUT2D eigenvalue weighted by Crippen LogP contribution is 2.42. The van der Waals surface area contributed by atoms with Crippen LogP contribution in [0.2, 0.25) is 0 Å². The molecule has 0 saturated carbocycles. The minimum absolute atomic E-state index is 0.543. The molecule has 0 aromatic heterocycles. The predicted octanol–water partition coefficient (Wildman–Crippen LogP) is 5.81.